The van der Waals surface area contributed by atoms with Gasteiger partial charge in [0.15, 0.2) is 0 Å². The molecule has 0 aromatic carbocycles. The van der Waals surface area contributed by atoms with Crippen molar-refractivity contribution in [2.24, 2.45) is 11.3 Å². The van der Waals surface area contributed by atoms with E-state index in [0.717, 1.165) is 19.0 Å². The molecule has 0 bridgehead atoms. The van der Waals surface area contributed by atoms with E-state index in [2.05, 4.69) is 38.0 Å². The van der Waals surface area contributed by atoms with Crippen LogP contribution in [0.25, 0.3) is 0 Å². The molecule has 0 aliphatic heterocycles. The number of nitrogens with zero attached hydrogens (tertiary/aromatic N) is 1. The summed E-state index contributed by atoms with van der Waals surface area (Å²) < 4.78 is 0. The van der Waals surface area contributed by atoms with Gasteiger partial charge < -0.3 is 10.2 Å². The fourth-order valence-corrected chi connectivity index (χ4v) is 2.43. The van der Waals surface area contributed by atoms with E-state index < -0.39 is 0 Å². The highest BCUT2D eigenvalue weighted by atomic mass is 15.1. The molecule has 0 amide bonds. The molecule has 1 rings (SSSR count). The first-order valence-electron chi connectivity index (χ1n) is 6.43. The van der Waals surface area contributed by atoms with Crippen molar-refractivity contribution in [3.05, 3.63) is 0 Å². The van der Waals surface area contributed by atoms with Gasteiger partial charge in [0.1, 0.15) is 0 Å². The van der Waals surface area contributed by atoms with Crippen LogP contribution in [0, 0.1) is 11.3 Å². The van der Waals surface area contributed by atoms with Gasteiger partial charge in [-0.05, 0) is 37.8 Å². The predicted molar refractivity (Wildman–Crippen MR) is 67.2 cm³/mol. The molecule has 1 N–H and O–H groups in total. The Balaban J connectivity index is 2.18. The lowest BCUT2D eigenvalue weighted by Gasteiger charge is -2.35. The van der Waals surface area contributed by atoms with E-state index >= 15 is 0 Å². The third-order valence-corrected chi connectivity index (χ3v) is 3.35. The predicted octanol–water partition coefficient (Wildman–Crippen LogP) is 2.35. The van der Waals surface area contributed by atoms with Crippen molar-refractivity contribution in [2.75, 3.05) is 33.2 Å². The molecule has 0 radical (unpaired) electrons. The molecule has 1 aliphatic rings. The third-order valence-electron chi connectivity index (χ3n) is 3.35. The molecule has 2 heteroatoms. The molecular weight excluding hydrogens is 184 g/mol. The SMILES string of the molecule is CCNCC(C)(C)CN(C)CC1CCC1. The molecule has 0 unspecified atom stereocenters. The van der Waals surface area contributed by atoms with E-state index in [1.54, 1.807) is 0 Å². The van der Waals surface area contributed by atoms with Crippen molar-refractivity contribution >= 4 is 0 Å². The van der Waals surface area contributed by atoms with Crippen LogP contribution in [-0.2, 0) is 0 Å². The van der Waals surface area contributed by atoms with Gasteiger partial charge in [-0.3, -0.25) is 0 Å². The van der Waals surface area contributed by atoms with E-state index in [0.29, 0.717) is 5.41 Å². The molecule has 0 saturated heterocycles. The van der Waals surface area contributed by atoms with E-state index in [1.807, 2.05) is 0 Å². The maximum absolute atomic E-state index is 3.45. The zero-order valence-electron chi connectivity index (χ0n) is 11.0. The lowest BCUT2D eigenvalue weighted by Crippen LogP contribution is -2.41. The molecule has 0 heterocycles. The maximum atomic E-state index is 3.45. The van der Waals surface area contributed by atoms with Crippen LogP contribution in [0.15, 0.2) is 0 Å². The Morgan fingerprint density at radius 2 is 2.00 bits per heavy atom. The van der Waals surface area contributed by atoms with Gasteiger partial charge in [-0.1, -0.05) is 27.2 Å². The minimum atomic E-state index is 0.397. The summed E-state index contributed by atoms with van der Waals surface area (Å²) in [7, 11) is 2.27. The van der Waals surface area contributed by atoms with Gasteiger partial charge in [-0.2, -0.15) is 0 Å². The minimum Gasteiger partial charge on any atom is -0.316 e. The summed E-state index contributed by atoms with van der Waals surface area (Å²) in [6.45, 7) is 11.6. The molecule has 90 valence electrons. The van der Waals surface area contributed by atoms with Gasteiger partial charge >= 0.3 is 0 Å². The molecule has 1 fully saturated rings. The Kier molecular flexibility index (Phi) is 5.07. The summed E-state index contributed by atoms with van der Waals surface area (Å²) in [6, 6.07) is 0. The van der Waals surface area contributed by atoms with Crippen LogP contribution < -0.4 is 5.32 Å². The Hall–Kier alpha value is -0.0800. The maximum Gasteiger partial charge on any atom is 0.00419 e. The number of rotatable bonds is 7. The van der Waals surface area contributed by atoms with Crippen molar-refractivity contribution in [2.45, 2.75) is 40.0 Å². The Bertz CT molecular complexity index is 173. The van der Waals surface area contributed by atoms with Crippen LogP contribution in [0.3, 0.4) is 0 Å². The van der Waals surface area contributed by atoms with Crippen LogP contribution in [0.2, 0.25) is 0 Å². The molecule has 0 atom stereocenters. The highest BCUT2D eigenvalue weighted by Gasteiger charge is 2.23. The average molecular weight is 212 g/mol. The number of nitrogens with one attached hydrogen (secondary N) is 1. The zero-order chi connectivity index (χ0) is 11.3. The minimum absolute atomic E-state index is 0.397. The molecular formula is C13H28N2. The van der Waals surface area contributed by atoms with E-state index in [1.165, 1.54) is 32.4 Å². The van der Waals surface area contributed by atoms with Crippen LogP contribution >= 0.6 is 0 Å². The van der Waals surface area contributed by atoms with Gasteiger partial charge in [0.25, 0.3) is 0 Å². The summed E-state index contributed by atoms with van der Waals surface area (Å²) in [6.07, 6.45) is 4.37. The Labute approximate surface area is 95.4 Å². The molecule has 1 saturated carbocycles. The van der Waals surface area contributed by atoms with Crippen LogP contribution in [0.4, 0.5) is 0 Å². The van der Waals surface area contributed by atoms with Crippen LogP contribution in [0.5, 0.6) is 0 Å². The van der Waals surface area contributed by atoms with Crippen molar-refractivity contribution in [1.82, 2.24) is 10.2 Å². The lowest BCUT2D eigenvalue weighted by molar-refractivity contribution is 0.152. The fraction of sp³-hybridized carbons (Fsp3) is 1.00. The monoisotopic (exact) mass is 212 g/mol. The Morgan fingerprint density at radius 1 is 1.33 bits per heavy atom. The quantitative estimate of drug-likeness (QED) is 0.697. The highest BCUT2D eigenvalue weighted by molar-refractivity contribution is 4.78. The third kappa shape index (κ3) is 4.98. The van der Waals surface area contributed by atoms with E-state index in [-0.39, 0.29) is 0 Å². The van der Waals surface area contributed by atoms with E-state index in [4.69, 9.17) is 0 Å². The van der Waals surface area contributed by atoms with Crippen LogP contribution in [0.1, 0.15) is 40.0 Å². The second-order valence-corrected chi connectivity index (χ2v) is 5.94. The standard InChI is InChI=1S/C13H28N2/c1-5-14-10-13(2,3)11-15(4)9-12-7-6-8-12/h12,14H,5-11H2,1-4H3. The second-order valence-electron chi connectivity index (χ2n) is 5.94. The van der Waals surface area contributed by atoms with Gasteiger partial charge in [0, 0.05) is 19.6 Å². The first kappa shape index (κ1) is 13.0. The number of hydrogen-bond donors (Lipinski definition) is 1. The van der Waals surface area contributed by atoms with Crippen molar-refractivity contribution in [3.63, 3.8) is 0 Å². The largest absolute Gasteiger partial charge is 0.316 e. The summed E-state index contributed by atoms with van der Waals surface area (Å²) in [4.78, 5) is 2.52. The summed E-state index contributed by atoms with van der Waals surface area (Å²) in [5.74, 6) is 0.991. The van der Waals surface area contributed by atoms with Gasteiger partial charge in [0.05, 0.1) is 0 Å². The van der Waals surface area contributed by atoms with Gasteiger partial charge in [-0.15, -0.1) is 0 Å². The summed E-state index contributed by atoms with van der Waals surface area (Å²) in [5.41, 5.74) is 0.397. The first-order valence-corrected chi connectivity index (χ1v) is 6.43. The molecule has 0 aromatic heterocycles. The Morgan fingerprint density at radius 3 is 2.47 bits per heavy atom. The van der Waals surface area contributed by atoms with Crippen molar-refractivity contribution in [3.8, 4) is 0 Å². The summed E-state index contributed by atoms with van der Waals surface area (Å²) in [5, 5.41) is 3.45. The number of hydrogen-bond acceptors (Lipinski definition) is 2. The molecule has 15 heavy (non-hydrogen) atoms. The smallest absolute Gasteiger partial charge is 0.00419 e. The van der Waals surface area contributed by atoms with Gasteiger partial charge in [-0.25, -0.2) is 0 Å². The van der Waals surface area contributed by atoms with Crippen molar-refractivity contribution < 1.29 is 0 Å². The van der Waals surface area contributed by atoms with E-state index in [9.17, 15) is 0 Å². The lowest BCUT2D eigenvalue weighted by atomic mass is 9.84. The fourth-order valence-electron chi connectivity index (χ4n) is 2.43. The zero-order valence-corrected chi connectivity index (χ0v) is 11.0. The first-order chi connectivity index (χ1) is 7.03. The highest BCUT2D eigenvalue weighted by Crippen LogP contribution is 2.27. The van der Waals surface area contributed by atoms with Gasteiger partial charge in [0.2, 0.25) is 0 Å². The average Bonchev–Trinajstić information content (AvgIpc) is 2.07. The molecule has 0 spiro atoms. The summed E-state index contributed by atoms with van der Waals surface area (Å²) >= 11 is 0. The normalized spacial score (nSPS) is 18.2. The second kappa shape index (κ2) is 5.86. The van der Waals surface area contributed by atoms with Crippen molar-refractivity contribution in [1.29, 1.82) is 0 Å². The van der Waals surface area contributed by atoms with Crippen LogP contribution in [-0.4, -0.2) is 38.1 Å². The molecule has 1 aliphatic carbocycles. The molecule has 2 nitrogen and oxygen atoms in total. The topological polar surface area (TPSA) is 15.3 Å². The molecule has 0 aromatic rings.